The van der Waals surface area contributed by atoms with E-state index in [1.807, 2.05) is 0 Å². The third-order valence-corrected chi connectivity index (χ3v) is 5.95. The molecule has 3 heterocycles. The highest BCUT2D eigenvalue weighted by molar-refractivity contribution is 6.06. The van der Waals surface area contributed by atoms with Crippen molar-refractivity contribution >= 4 is 23.6 Å². The average molecular weight is 439 g/mol. The monoisotopic (exact) mass is 439 g/mol. The van der Waals surface area contributed by atoms with Gasteiger partial charge in [0.15, 0.2) is 0 Å². The zero-order valence-electron chi connectivity index (χ0n) is 16.5. The molecule has 3 aliphatic heterocycles. The van der Waals surface area contributed by atoms with E-state index in [2.05, 4.69) is 10.6 Å². The number of ether oxygens (including phenoxy) is 1. The van der Waals surface area contributed by atoms with Gasteiger partial charge in [0.25, 0.3) is 11.8 Å². The molecule has 0 aliphatic carbocycles. The maximum atomic E-state index is 13.5. The van der Waals surface area contributed by atoms with Crippen LogP contribution in [0.1, 0.15) is 46.0 Å². The Morgan fingerprint density at radius 2 is 2.00 bits per heavy atom. The lowest BCUT2D eigenvalue weighted by Crippen LogP contribution is -2.62. The van der Waals surface area contributed by atoms with Crippen LogP contribution in [-0.2, 0) is 20.9 Å². The van der Waals surface area contributed by atoms with Crippen molar-refractivity contribution in [2.24, 2.45) is 5.41 Å². The Morgan fingerprint density at radius 1 is 1.29 bits per heavy atom. The third kappa shape index (κ3) is 3.78. The quantitative estimate of drug-likeness (QED) is 0.685. The fraction of sp³-hybridized carbons (Fsp3) is 0.500. The summed E-state index contributed by atoms with van der Waals surface area (Å²) < 4.78 is 45.5. The number of alkyl halides is 3. The van der Waals surface area contributed by atoms with Crippen molar-refractivity contribution in [1.82, 2.24) is 15.5 Å². The number of carbonyl (C=O) groups is 4. The second-order valence-corrected chi connectivity index (χ2v) is 8.37. The first-order chi connectivity index (χ1) is 14.5. The summed E-state index contributed by atoms with van der Waals surface area (Å²) in [5.74, 6) is -2.32. The molecule has 2 saturated heterocycles. The van der Waals surface area contributed by atoms with E-state index in [0.717, 1.165) is 0 Å². The first-order valence-electron chi connectivity index (χ1n) is 9.72. The van der Waals surface area contributed by atoms with Crippen molar-refractivity contribution in [2.75, 3.05) is 13.2 Å². The van der Waals surface area contributed by atoms with Gasteiger partial charge >= 0.3 is 6.18 Å². The van der Waals surface area contributed by atoms with Gasteiger partial charge in [0.2, 0.25) is 11.8 Å². The number of halogens is 3. The number of nitrogens with one attached hydrogen (secondary N) is 2. The highest BCUT2D eigenvalue weighted by Crippen LogP contribution is 2.39. The molecule has 0 radical (unpaired) electrons. The molecule has 2 atom stereocenters. The van der Waals surface area contributed by atoms with E-state index < -0.39 is 47.3 Å². The molecule has 11 heteroatoms. The van der Waals surface area contributed by atoms with E-state index in [-0.39, 0.29) is 43.7 Å². The Kier molecular flexibility index (Phi) is 5.03. The molecular weight excluding hydrogens is 419 g/mol. The van der Waals surface area contributed by atoms with E-state index in [0.29, 0.717) is 5.56 Å². The van der Waals surface area contributed by atoms with Gasteiger partial charge in [-0.3, -0.25) is 24.5 Å². The largest absolute Gasteiger partial charge is 0.409 e. The molecule has 8 nitrogen and oxygen atoms in total. The Hall–Kier alpha value is -2.95. The lowest BCUT2D eigenvalue weighted by molar-refractivity contribution is -0.226. The molecule has 166 valence electrons. The number of piperidine rings is 1. The lowest BCUT2D eigenvalue weighted by Gasteiger charge is -2.44. The van der Waals surface area contributed by atoms with Gasteiger partial charge in [-0.25, -0.2) is 0 Å². The van der Waals surface area contributed by atoms with E-state index in [1.54, 1.807) is 0 Å². The van der Waals surface area contributed by atoms with Crippen molar-refractivity contribution in [3.05, 3.63) is 34.9 Å². The molecule has 0 spiro atoms. The van der Waals surface area contributed by atoms with Gasteiger partial charge in [-0.1, -0.05) is 6.92 Å². The molecule has 1 aromatic carbocycles. The second kappa shape index (κ2) is 7.33. The summed E-state index contributed by atoms with van der Waals surface area (Å²) in [7, 11) is 0. The Labute approximate surface area is 175 Å². The summed E-state index contributed by atoms with van der Waals surface area (Å²) >= 11 is 0. The van der Waals surface area contributed by atoms with Crippen LogP contribution < -0.4 is 10.6 Å². The Balaban J connectivity index is 1.52. The van der Waals surface area contributed by atoms with Crippen LogP contribution in [0.4, 0.5) is 13.2 Å². The zero-order valence-corrected chi connectivity index (χ0v) is 16.5. The number of hydrogen-bond donors (Lipinski definition) is 2. The fourth-order valence-electron chi connectivity index (χ4n) is 4.17. The SMILES string of the molecule is CC1([C@@H](NC(=O)c2ccc3c(c2)CN(C2CCC(=O)NC2=O)C3=O)C(F)(F)F)COC1. The molecule has 0 bridgehead atoms. The summed E-state index contributed by atoms with van der Waals surface area (Å²) in [4.78, 5) is 50.0. The zero-order chi connectivity index (χ0) is 22.6. The summed E-state index contributed by atoms with van der Waals surface area (Å²) in [5.41, 5.74) is -0.560. The van der Waals surface area contributed by atoms with E-state index in [9.17, 15) is 32.3 Å². The summed E-state index contributed by atoms with van der Waals surface area (Å²) in [6, 6.07) is 1.13. The van der Waals surface area contributed by atoms with Gasteiger partial charge < -0.3 is 15.0 Å². The molecule has 0 saturated carbocycles. The molecular formula is C20H20F3N3O5. The normalized spacial score (nSPS) is 23.7. The summed E-state index contributed by atoms with van der Waals surface area (Å²) in [5, 5.41) is 4.25. The smallest absolute Gasteiger partial charge is 0.380 e. The maximum Gasteiger partial charge on any atom is 0.409 e. The first-order valence-corrected chi connectivity index (χ1v) is 9.72. The van der Waals surface area contributed by atoms with Crippen molar-refractivity contribution in [3.63, 3.8) is 0 Å². The fourth-order valence-corrected chi connectivity index (χ4v) is 4.17. The molecule has 2 N–H and O–H groups in total. The predicted molar refractivity (Wildman–Crippen MR) is 98.7 cm³/mol. The number of amides is 4. The lowest BCUT2D eigenvalue weighted by atomic mass is 9.79. The van der Waals surface area contributed by atoms with Crippen molar-refractivity contribution in [3.8, 4) is 0 Å². The number of fused-ring (bicyclic) bond motifs is 1. The number of benzene rings is 1. The highest BCUT2D eigenvalue weighted by Gasteiger charge is 2.55. The molecule has 2 fully saturated rings. The van der Waals surface area contributed by atoms with Crippen LogP contribution in [0, 0.1) is 5.41 Å². The standard InChI is InChI=1S/C20H20F3N3O5/c1-19(8-31-9-19)18(20(21,22)23)25-15(28)10-2-3-12-11(6-10)7-26(17(12)30)13-4-5-14(27)24-16(13)29/h2-3,6,13,18H,4-5,7-9H2,1H3,(H,25,28)(H,24,27,29)/t13?,18-/m1/s1. The van der Waals surface area contributed by atoms with E-state index in [4.69, 9.17) is 4.74 Å². The average Bonchev–Trinajstić information content (AvgIpc) is 2.99. The molecule has 1 aromatic rings. The molecule has 1 unspecified atom stereocenters. The molecule has 0 aromatic heterocycles. The molecule has 4 rings (SSSR count). The summed E-state index contributed by atoms with van der Waals surface area (Å²) in [6.45, 7) is 1.19. The highest BCUT2D eigenvalue weighted by atomic mass is 19.4. The second-order valence-electron chi connectivity index (χ2n) is 8.37. The van der Waals surface area contributed by atoms with Gasteiger partial charge in [-0.05, 0) is 30.2 Å². The summed E-state index contributed by atoms with van der Waals surface area (Å²) in [6.07, 6.45) is -4.36. The number of imide groups is 1. The van der Waals surface area contributed by atoms with E-state index in [1.165, 1.54) is 30.0 Å². The van der Waals surface area contributed by atoms with Crippen LogP contribution in [0.5, 0.6) is 0 Å². The maximum absolute atomic E-state index is 13.5. The molecule has 4 amide bonds. The van der Waals surface area contributed by atoms with E-state index >= 15 is 0 Å². The minimum atomic E-state index is -4.65. The molecule has 3 aliphatic rings. The molecule has 31 heavy (non-hydrogen) atoms. The van der Waals surface area contributed by atoms with Crippen molar-refractivity contribution < 1.29 is 37.1 Å². The van der Waals surface area contributed by atoms with Gasteiger partial charge in [0, 0.05) is 29.5 Å². The first kappa shape index (κ1) is 21.3. The van der Waals surface area contributed by atoms with Gasteiger partial charge in [-0.2, -0.15) is 13.2 Å². The number of nitrogens with zero attached hydrogens (tertiary/aromatic N) is 1. The topological polar surface area (TPSA) is 105 Å². The predicted octanol–water partition coefficient (Wildman–Crippen LogP) is 1.14. The van der Waals surface area contributed by atoms with Crippen LogP contribution in [0.15, 0.2) is 18.2 Å². The van der Waals surface area contributed by atoms with Gasteiger partial charge in [-0.15, -0.1) is 0 Å². The van der Waals surface area contributed by atoms with Gasteiger partial charge in [0.1, 0.15) is 12.1 Å². The van der Waals surface area contributed by atoms with Crippen LogP contribution in [0.25, 0.3) is 0 Å². The Morgan fingerprint density at radius 3 is 2.58 bits per heavy atom. The van der Waals surface area contributed by atoms with Crippen molar-refractivity contribution in [2.45, 2.75) is 44.6 Å². The third-order valence-electron chi connectivity index (χ3n) is 5.95. The number of carbonyl (C=O) groups excluding carboxylic acids is 4. The van der Waals surface area contributed by atoms with Crippen LogP contribution in [0.3, 0.4) is 0 Å². The van der Waals surface area contributed by atoms with Crippen LogP contribution in [0.2, 0.25) is 0 Å². The van der Waals surface area contributed by atoms with Crippen LogP contribution >= 0.6 is 0 Å². The minimum absolute atomic E-state index is 0.0187. The number of rotatable bonds is 4. The van der Waals surface area contributed by atoms with Gasteiger partial charge in [0.05, 0.1) is 13.2 Å². The number of hydrogen-bond acceptors (Lipinski definition) is 5. The van der Waals surface area contributed by atoms with Crippen molar-refractivity contribution in [1.29, 1.82) is 0 Å². The minimum Gasteiger partial charge on any atom is -0.380 e. The Bertz CT molecular complexity index is 973. The van der Waals surface area contributed by atoms with Crippen LogP contribution in [-0.4, -0.2) is 60.0 Å².